The summed E-state index contributed by atoms with van der Waals surface area (Å²) < 4.78 is 22.9. The van der Waals surface area contributed by atoms with Crippen LogP contribution >= 0.6 is 15.9 Å². The van der Waals surface area contributed by atoms with E-state index in [-0.39, 0.29) is 5.91 Å². The van der Waals surface area contributed by atoms with Crippen molar-refractivity contribution in [1.82, 2.24) is 0 Å². The fourth-order valence-electron chi connectivity index (χ4n) is 3.23. The summed E-state index contributed by atoms with van der Waals surface area (Å²) in [5.74, 6) is 1.05. The van der Waals surface area contributed by atoms with Crippen LogP contribution in [0.15, 0.2) is 59.1 Å². The van der Waals surface area contributed by atoms with Crippen LogP contribution in [0.5, 0.6) is 23.0 Å². The lowest BCUT2D eigenvalue weighted by molar-refractivity contribution is 0.101. The van der Waals surface area contributed by atoms with Crippen molar-refractivity contribution in [3.63, 3.8) is 0 Å². The average molecular weight is 543 g/mol. The highest BCUT2D eigenvalue weighted by molar-refractivity contribution is 9.10. The van der Waals surface area contributed by atoms with Crippen molar-refractivity contribution in [3.8, 4) is 23.0 Å². The molecule has 0 spiro atoms. The van der Waals surface area contributed by atoms with Gasteiger partial charge in [0.25, 0.3) is 11.8 Å². The Bertz CT molecular complexity index is 1170. The van der Waals surface area contributed by atoms with Crippen molar-refractivity contribution in [2.24, 2.45) is 0 Å². The molecule has 35 heavy (non-hydrogen) atoms. The lowest BCUT2D eigenvalue weighted by Gasteiger charge is -2.18. The van der Waals surface area contributed by atoms with E-state index in [4.69, 9.17) is 18.9 Å². The Morgan fingerprint density at radius 2 is 1.17 bits per heavy atom. The van der Waals surface area contributed by atoms with Gasteiger partial charge in [-0.1, -0.05) is 15.9 Å². The van der Waals surface area contributed by atoms with Crippen molar-refractivity contribution >= 4 is 39.1 Å². The van der Waals surface area contributed by atoms with Gasteiger partial charge in [0.1, 0.15) is 23.0 Å². The zero-order valence-corrected chi connectivity index (χ0v) is 21.5. The van der Waals surface area contributed by atoms with Crippen LogP contribution in [-0.2, 0) is 0 Å². The number of anilines is 2. The maximum absolute atomic E-state index is 13.1. The molecule has 0 bridgehead atoms. The van der Waals surface area contributed by atoms with E-state index in [1.165, 1.54) is 14.2 Å². The second-order valence-corrected chi connectivity index (χ2v) is 8.14. The number of methoxy groups -OCH3 is 2. The highest BCUT2D eigenvalue weighted by atomic mass is 79.9. The van der Waals surface area contributed by atoms with Crippen LogP contribution in [0.1, 0.15) is 34.6 Å². The number of carbonyl (C=O) groups is 2. The van der Waals surface area contributed by atoms with Crippen LogP contribution in [-0.4, -0.2) is 39.2 Å². The normalized spacial score (nSPS) is 10.3. The van der Waals surface area contributed by atoms with Gasteiger partial charge in [-0.25, -0.2) is 0 Å². The first-order valence-corrected chi connectivity index (χ1v) is 11.7. The molecule has 0 aliphatic rings. The first-order valence-electron chi connectivity index (χ1n) is 10.9. The number of carbonyl (C=O) groups excluding carboxylic acids is 2. The minimum Gasteiger partial charge on any atom is -0.497 e. The van der Waals surface area contributed by atoms with Gasteiger partial charge in [0.15, 0.2) is 0 Å². The zero-order chi connectivity index (χ0) is 25.4. The fourth-order valence-corrected chi connectivity index (χ4v) is 3.50. The summed E-state index contributed by atoms with van der Waals surface area (Å²) in [5, 5.41) is 5.73. The first kappa shape index (κ1) is 25.9. The van der Waals surface area contributed by atoms with Gasteiger partial charge in [0.2, 0.25) is 0 Å². The minimum absolute atomic E-state index is 0.304. The fraction of sp³-hybridized carbons (Fsp3) is 0.231. The molecule has 0 atom stereocenters. The molecule has 184 valence electrons. The highest BCUT2D eigenvalue weighted by Crippen LogP contribution is 2.37. The molecule has 0 fully saturated rings. The van der Waals surface area contributed by atoms with Gasteiger partial charge in [-0.3, -0.25) is 9.59 Å². The van der Waals surface area contributed by atoms with E-state index in [1.54, 1.807) is 54.6 Å². The van der Waals surface area contributed by atoms with E-state index in [0.29, 0.717) is 58.7 Å². The van der Waals surface area contributed by atoms with Crippen LogP contribution in [0, 0.1) is 0 Å². The Morgan fingerprint density at radius 1 is 0.714 bits per heavy atom. The molecule has 2 N–H and O–H groups in total. The predicted octanol–water partition coefficient (Wildman–Crippen LogP) is 5.77. The summed E-state index contributed by atoms with van der Waals surface area (Å²) in [6.45, 7) is 4.37. The van der Waals surface area contributed by atoms with E-state index in [9.17, 15) is 9.59 Å². The van der Waals surface area contributed by atoms with Gasteiger partial charge < -0.3 is 29.6 Å². The number of hydrogen-bond acceptors (Lipinski definition) is 6. The van der Waals surface area contributed by atoms with Gasteiger partial charge >= 0.3 is 0 Å². The number of nitrogens with one attached hydrogen (secondary N) is 2. The van der Waals surface area contributed by atoms with E-state index < -0.39 is 5.91 Å². The van der Waals surface area contributed by atoms with Crippen LogP contribution in [0.2, 0.25) is 0 Å². The standard InChI is InChI=1S/C26H27BrN2O6/c1-5-34-23-15-22(29-26(31)17-11-19(32-3)13-20(12-17)33-4)24(35-6-2)14-21(23)28-25(30)16-7-9-18(27)10-8-16/h7-15H,5-6H2,1-4H3,(H,28,30)(H,29,31). The van der Waals surface area contributed by atoms with Crippen molar-refractivity contribution in [2.45, 2.75) is 13.8 Å². The number of ether oxygens (including phenoxy) is 4. The third-order valence-corrected chi connectivity index (χ3v) is 5.43. The number of halogens is 1. The van der Waals surface area contributed by atoms with E-state index in [1.807, 2.05) is 13.8 Å². The molecule has 8 nitrogen and oxygen atoms in total. The summed E-state index contributed by atoms with van der Waals surface area (Å²) in [6, 6.07) is 15.1. The Kier molecular flexibility index (Phi) is 8.97. The Balaban J connectivity index is 1.94. The first-order chi connectivity index (χ1) is 16.9. The Morgan fingerprint density at radius 3 is 1.60 bits per heavy atom. The van der Waals surface area contributed by atoms with Gasteiger partial charge in [0.05, 0.1) is 38.8 Å². The zero-order valence-electron chi connectivity index (χ0n) is 19.9. The average Bonchev–Trinajstić information content (AvgIpc) is 2.86. The SMILES string of the molecule is CCOc1cc(NC(=O)c2cc(OC)cc(OC)c2)c(OCC)cc1NC(=O)c1ccc(Br)cc1. The van der Waals surface area contributed by atoms with E-state index in [2.05, 4.69) is 26.6 Å². The second-order valence-electron chi connectivity index (χ2n) is 7.23. The topological polar surface area (TPSA) is 95.1 Å². The maximum Gasteiger partial charge on any atom is 0.256 e. The van der Waals surface area contributed by atoms with Crippen LogP contribution in [0.3, 0.4) is 0 Å². The number of hydrogen-bond donors (Lipinski definition) is 2. The summed E-state index contributed by atoms with van der Waals surface area (Å²) >= 11 is 3.36. The van der Waals surface area contributed by atoms with Crippen LogP contribution in [0.4, 0.5) is 11.4 Å². The van der Waals surface area contributed by atoms with Crippen molar-refractivity contribution < 1.29 is 28.5 Å². The predicted molar refractivity (Wildman–Crippen MR) is 138 cm³/mol. The largest absolute Gasteiger partial charge is 0.497 e. The lowest BCUT2D eigenvalue weighted by atomic mass is 10.1. The van der Waals surface area contributed by atoms with Gasteiger partial charge in [-0.05, 0) is 50.2 Å². The molecular weight excluding hydrogens is 516 g/mol. The number of amides is 2. The monoisotopic (exact) mass is 542 g/mol. The minimum atomic E-state index is -0.391. The van der Waals surface area contributed by atoms with Crippen LogP contribution < -0.4 is 29.6 Å². The van der Waals surface area contributed by atoms with Crippen molar-refractivity contribution in [3.05, 3.63) is 70.2 Å². The Labute approximate surface area is 212 Å². The highest BCUT2D eigenvalue weighted by Gasteiger charge is 2.18. The second kappa shape index (κ2) is 12.1. The molecule has 9 heteroatoms. The number of rotatable bonds is 10. The molecule has 0 unspecified atom stereocenters. The molecule has 3 aromatic rings. The summed E-state index contributed by atoms with van der Waals surface area (Å²) in [7, 11) is 3.03. The Hall–Kier alpha value is -3.72. The number of benzene rings is 3. The molecule has 3 rings (SSSR count). The molecule has 0 aromatic heterocycles. The molecule has 2 amide bonds. The molecule has 0 aliphatic heterocycles. The maximum atomic E-state index is 13.1. The van der Waals surface area contributed by atoms with Gasteiger partial charge in [-0.2, -0.15) is 0 Å². The summed E-state index contributed by atoms with van der Waals surface area (Å²) in [6.07, 6.45) is 0. The van der Waals surface area contributed by atoms with Gasteiger partial charge in [-0.15, -0.1) is 0 Å². The van der Waals surface area contributed by atoms with E-state index >= 15 is 0 Å². The third-order valence-electron chi connectivity index (χ3n) is 4.90. The van der Waals surface area contributed by atoms with Crippen molar-refractivity contribution in [1.29, 1.82) is 0 Å². The smallest absolute Gasteiger partial charge is 0.256 e. The third kappa shape index (κ3) is 6.66. The molecule has 0 heterocycles. The molecule has 0 saturated carbocycles. The van der Waals surface area contributed by atoms with Crippen LogP contribution in [0.25, 0.3) is 0 Å². The lowest BCUT2D eigenvalue weighted by Crippen LogP contribution is -2.16. The molecule has 0 saturated heterocycles. The quantitative estimate of drug-likeness (QED) is 0.337. The van der Waals surface area contributed by atoms with E-state index in [0.717, 1.165) is 4.47 Å². The molecule has 3 aromatic carbocycles. The molecular formula is C26H27BrN2O6. The van der Waals surface area contributed by atoms with Gasteiger partial charge in [0, 0.05) is 33.8 Å². The summed E-state index contributed by atoms with van der Waals surface area (Å²) in [4.78, 5) is 25.9. The molecule has 0 radical (unpaired) electrons. The summed E-state index contributed by atoms with van der Waals surface area (Å²) in [5.41, 5.74) is 1.64. The van der Waals surface area contributed by atoms with Crippen molar-refractivity contribution in [2.75, 3.05) is 38.1 Å². The molecule has 0 aliphatic carbocycles.